The minimum absolute atomic E-state index is 0.110. The molecule has 0 heterocycles. The summed E-state index contributed by atoms with van der Waals surface area (Å²) in [5.41, 5.74) is 0. The van der Waals surface area contributed by atoms with Crippen molar-refractivity contribution in [3.8, 4) is 0 Å². The first-order valence-electron chi connectivity index (χ1n) is 17.4. The summed E-state index contributed by atoms with van der Waals surface area (Å²) in [6, 6.07) is 0. The molecule has 0 fully saturated rings. The van der Waals surface area contributed by atoms with Gasteiger partial charge in [-0.15, -0.1) is 0 Å². The number of aliphatic hydroxyl groups is 1. The first-order chi connectivity index (χ1) is 22.6. The van der Waals surface area contributed by atoms with Gasteiger partial charge in [0.15, 0.2) is 6.10 Å². The molecule has 0 saturated carbocycles. The second-order valence-electron chi connectivity index (χ2n) is 10.8. The molecule has 0 aliphatic carbocycles. The summed E-state index contributed by atoms with van der Waals surface area (Å²) >= 11 is 0. The molecule has 0 aromatic carbocycles. The van der Waals surface area contributed by atoms with E-state index in [9.17, 15) is 14.7 Å². The lowest BCUT2D eigenvalue weighted by Crippen LogP contribution is -2.28. The Kier molecular flexibility index (Phi) is 33.3. The Labute approximate surface area is 280 Å². The number of rotatable bonds is 29. The molecule has 0 aromatic rings. The molecule has 0 aliphatic heterocycles. The summed E-state index contributed by atoms with van der Waals surface area (Å²) in [4.78, 5) is 24.1. The fraction of sp³-hybridized carbons (Fsp3) is 0.512. The highest BCUT2D eigenvalue weighted by Gasteiger charge is 2.15. The Morgan fingerprint density at radius 1 is 0.522 bits per heavy atom. The molecular weight excluding hydrogens is 572 g/mol. The van der Waals surface area contributed by atoms with Crippen molar-refractivity contribution in [1.82, 2.24) is 0 Å². The first-order valence-corrected chi connectivity index (χ1v) is 17.4. The van der Waals surface area contributed by atoms with E-state index in [0.717, 1.165) is 89.9 Å². The summed E-state index contributed by atoms with van der Waals surface area (Å²) < 4.78 is 10.5. The van der Waals surface area contributed by atoms with Crippen molar-refractivity contribution in [3.05, 3.63) is 109 Å². The third-order valence-corrected chi connectivity index (χ3v) is 6.59. The lowest BCUT2D eigenvalue weighted by atomic mass is 10.1. The number of carbonyl (C=O) groups is 2. The molecule has 0 bridgehead atoms. The number of hydrogen-bond acceptors (Lipinski definition) is 5. The van der Waals surface area contributed by atoms with Crippen molar-refractivity contribution >= 4 is 11.9 Å². The highest BCUT2D eigenvalue weighted by Crippen LogP contribution is 2.08. The van der Waals surface area contributed by atoms with E-state index < -0.39 is 12.1 Å². The smallest absolute Gasteiger partial charge is 0.310 e. The third-order valence-electron chi connectivity index (χ3n) is 6.59. The SMILES string of the molecule is CC/C=C\C/C=C\C/C=C\C/C=C\C/C=C\CC(=O)OC(CO)COC(=O)CCCCCC/C=C\C/C=C\C/C=C\C/C=C\CC. The van der Waals surface area contributed by atoms with Crippen LogP contribution >= 0.6 is 0 Å². The first kappa shape index (κ1) is 42.6. The van der Waals surface area contributed by atoms with Crippen molar-refractivity contribution in [1.29, 1.82) is 0 Å². The van der Waals surface area contributed by atoms with Crippen LogP contribution in [-0.4, -0.2) is 36.4 Å². The molecule has 5 heteroatoms. The predicted octanol–water partition coefficient (Wildman–Crippen LogP) is 10.7. The molecule has 1 unspecified atom stereocenters. The largest absolute Gasteiger partial charge is 0.462 e. The maximum Gasteiger partial charge on any atom is 0.310 e. The van der Waals surface area contributed by atoms with Crippen LogP contribution in [0.4, 0.5) is 0 Å². The van der Waals surface area contributed by atoms with E-state index in [1.54, 1.807) is 6.08 Å². The Hall–Kier alpha value is -3.44. The maximum absolute atomic E-state index is 12.1. The molecule has 0 aliphatic rings. The van der Waals surface area contributed by atoms with Crippen LogP contribution in [0.1, 0.15) is 117 Å². The maximum atomic E-state index is 12.1. The monoisotopic (exact) mass is 634 g/mol. The molecule has 46 heavy (non-hydrogen) atoms. The van der Waals surface area contributed by atoms with Gasteiger partial charge in [-0.25, -0.2) is 0 Å². The van der Waals surface area contributed by atoms with Crippen LogP contribution in [0, 0.1) is 0 Å². The van der Waals surface area contributed by atoms with Gasteiger partial charge in [0, 0.05) is 6.42 Å². The predicted molar refractivity (Wildman–Crippen MR) is 195 cm³/mol. The highest BCUT2D eigenvalue weighted by molar-refractivity contribution is 5.71. The van der Waals surface area contributed by atoms with Crippen molar-refractivity contribution in [2.75, 3.05) is 13.2 Å². The molecule has 0 rings (SSSR count). The summed E-state index contributed by atoms with van der Waals surface area (Å²) in [5, 5.41) is 9.50. The standard InChI is InChI=1S/C41H62O5/c1-3-5-7-9-11-13-15-17-19-20-22-23-25-27-29-31-33-35-40(43)45-38-39(37-42)46-41(44)36-34-32-30-28-26-24-21-18-16-14-12-10-8-6-4-2/h5-8,11-14,17-19,21-23,26,28,32,34,39,42H,3-4,9-10,15-16,20,24-25,27,29-31,33,35-38H2,1-2H3/b7-5-,8-6-,13-11-,14-12-,19-17-,21-18-,23-22-,28-26-,34-32-. The van der Waals surface area contributed by atoms with Crippen LogP contribution in [0.15, 0.2) is 109 Å². The van der Waals surface area contributed by atoms with E-state index in [1.165, 1.54) is 0 Å². The molecule has 0 spiro atoms. The molecule has 256 valence electrons. The molecule has 0 aromatic heterocycles. The van der Waals surface area contributed by atoms with Crippen molar-refractivity contribution in [2.45, 2.75) is 123 Å². The van der Waals surface area contributed by atoms with Gasteiger partial charge in [0.25, 0.3) is 0 Å². The van der Waals surface area contributed by atoms with E-state index in [2.05, 4.69) is 111 Å². The summed E-state index contributed by atoms with van der Waals surface area (Å²) in [6.07, 6.45) is 51.6. The van der Waals surface area contributed by atoms with Gasteiger partial charge < -0.3 is 14.6 Å². The fourth-order valence-electron chi connectivity index (χ4n) is 4.03. The third kappa shape index (κ3) is 33.5. The van der Waals surface area contributed by atoms with Gasteiger partial charge in [-0.05, 0) is 77.0 Å². The summed E-state index contributed by atoms with van der Waals surface area (Å²) in [5.74, 6) is -0.781. The Morgan fingerprint density at radius 2 is 0.935 bits per heavy atom. The van der Waals surface area contributed by atoms with Crippen LogP contribution in [0.5, 0.6) is 0 Å². The van der Waals surface area contributed by atoms with Crippen LogP contribution in [-0.2, 0) is 19.1 Å². The van der Waals surface area contributed by atoms with Crippen molar-refractivity contribution in [2.24, 2.45) is 0 Å². The van der Waals surface area contributed by atoms with Crippen LogP contribution in [0.25, 0.3) is 0 Å². The van der Waals surface area contributed by atoms with Gasteiger partial charge >= 0.3 is 11.9 Å². The van der Waals surface area contributed by atoms with Gasteiger partial charge in [0.1, 0.15) is 6.61 Å². The molecule has 0 radical (unpaired) electrons. The zero-order valence-corrected chi connectivity index (χ0v) is 28.8. The number of unbranched alkanes of at least 4 members (excludes halogenated alkanes) is 4. The zero-order valence-electron chi connectivity index (χ0n) is 28.8. The van der Waals surface area contributed by atoms with E-state index in [-0.39, 0.29) is 25.6 Å². The number of aliphatic hydroxyl groups excluding tert-OH is 1. The van der Waals surface area contributed by atoms with Gasteiger partial charge in [0.05, 0.1) is 13.0 Å². The molecular formula is C41H62O5. The van der Waals surface area contributed by atoms with Crippen LogP contribution in [0.2, 0.25) is 0 Å². The normalized spacial score (nSPS) is 13.5. The topological polar surface area (TPSA) is 72.8 Å². The Balaban J connectivity index is 3.81. The van der Waals surface area contributed by atoms with Gasteiger partial charge in [-0.3, -0.25) is 9.59 Å². The van der Waals surface area contributed by atoms with Gasteiger partial charge in [-0.1, -0.05) is 136 Å². The minimum Gasteiger partial charge on any atom is -0.462 e. The molecule has 1 atom stereocenters. The van der Waals surface area contributed by atoms with Crippen LogP contribution in [0.3, 0.4) is 0 Å². The molecule has 5 nitrogen and oxygen atoms in total. The molecule has 0 saturated heterocycles. The second kappa shape index (κ2) is 36.0. The van der Waals surface area contributed by atoms with Gasteiger partial charge in [0.2, 0.25) is 0 Å². The van der Waals surface area contributed by atoms with E-state index >= 15 is 0 Å². The second-order valence-corrected chi connectivity index (χ2v) is 10.8. The average Bonchev–Trinajstić information content (AvgIpc) is 3.06. The average molecular weight is 635 g/mol. The number of allylic oxidation sites excluding steroid dienone is 17. The number of carbonyl (C=O) groups excluding carboxylic acids is 2. The van der Waals surface area contributed by atoms with Crippen molar-refractivity contribution < 1.29 is 24.2 Å². The highest BCUT2D eigenvalue weighted by atomic mass is 16.6. The minimum atomic E-state index is -0.842. The van der Waals surface area contributed by atoms with Crippen LogP contribution < -0.4 is 0 Å². The quantitative estimate of drug-likeness (QED) is 0.0503. The van der Waals surface area contributed by atoms with E-state index in [4.69, 9.17) is 9.47 Å². The van der Waals surface area contributed by atoms with Crippen molar-refractivity contribution in [3.63, 3.8) is 0 Å². The number of hydrogen-bond donors (Lipinski definition) is 1. The fourth-order valence-corrected chi connectivity index (χ4v) is 4.03. The Morgan fingerprint density at radius 3 is 1.39 bits per heavy atom. The van der Waals surface area contributed by atoms with E-state index in [0.29, 0.717) is 6.42 Å². The number of ether oxygens (including phenoxy) is 2. The lowest BCUT2D eigenvalue weighted by Gasteiger charge is -2.15. The summed E-state index contributed by atoms with van der Waals surface area (Å²) in [7, 11) is 0. The Bertz CT molecular complexity index is 990. The molecule has 1 N–H and O–H groups in total. The zero-order chi connectivity index (χ0) is 33.6. The van der Waals surface area contributed by atoms with E-state index in [1.807, 2.05) is 6.08 Å². The number of esters is 2. The summed E-state index contributed by atoms with van der Waals surface area (Å²) in [6.45, 7) is 3.77. The van der Waals surface area contributed by atoms with Gasteiger partial charge in [-0.2, -0.15) is 0 Å². The lowest BCUT2D eigenvalue weighted by molar-refractivity contribution is -0.160. The molecule has 0 amide bonds.